The molecular weight excluding hydrogens is 254 g/mol. The Morgan fingerprint density at radius 1 is 1.05 bits per heavy atom. The van der Waals surface area contributed by atoms with Crippen molar-refractivity contribution < 1.29 is 14.6 Å². The van der Waals surface area contributed by atoms with E-state index in [4.69, 9.17) is 14.7 Å². The molecule has 0 aliphatic rings. The molecule has 1 N–H and O–H groups in total. The van der Waals surface area contributed by atoms with Crippen molar-refractivity contribution in [3.05, 3.63) is 59.2 Å². The second kappa shape index (κ2) is 6.09. The van der Waals surface area contributed by atoms with Crippen LogP contribution in [0.2, 0.25) is 0 Å². The van der Waals surface area contributed by atoms with Crippen LogP contribution in [0.15, 0.2) is 42.5 Å². The first kappa shape index (κ1) is 13.9. The van der Waals surface area contributed by atoms with E-state index in [0.717, 1.165) is 0 Å². The number of methoxy groups -OCH3 is 2. The molecule has 0 saturated heterocycles. The second-order valence-electron chi connectivity index (χ2n) is 4.22. The fraction of sp³-hybridized carbons (Fsp3) is 0.188. The zero-order valence-corrected chi connectivity index (χ0v) is 11.3. The molecule has 0 aromatic heterocycles. The smallest absolute Gasteiger partial charge is 0.128 e. The van der Waals surface area contributed by atoms with E-state index in [1.165, 1.54) is 14.2 Å². The van der Waals surface area contributed by atoms with Crippen molar-refractivity contribution in [2.45, 2.75) is 6.10 Å². The van der Waals surface area contributed by atoms with E-state index in [2.05, 4.69) is 6.07 Å². The topological polar surface area (TPSA) is 62.5 Å². The minimum atomic E-state index is -0.922. The summed E-state index contributed by atoms with van der Waals surface area (Å²) in [5, 5.41) is 19.5. The number of aliphatic hydroxyl groups excluding tert-OH is 1. The zero-order valence-electron chi connectivity index (χ0n) is 11.3. The van der Waals surface area contributed by atoms with Gasteiger partial charge in [-0.15, -0.1) is 0 Å². The third-order valence-electron chi connectivity index (χ3n) is 3.07. The van der Waals surface area contributed by atoms with Crippen LogP contribution in [0.1, 0.15) is 22.8 Å². The second-order valence-corrected chi connectivity index (χ2v) is 4.22. The third-order valence-corrected chi connectivity index (χ3v) is 3.07. The molecule has 0 fully saturated rings. The van der Waals surface area contributed by atoms with E-state index in [-0.39, 0.29) is 0 Å². The van der Waals surface area contributed by atoms with Crippen molar-refractivity contribution in [2.24, 2.45) is 0 Å². The van der Waals surface area contributed by atoms with Gasteiger partial charge in [-0.25, -0.2) is 0 Å². The minimum Gasteiger partial charge on any atom is -0.496 e. The lowest BCUT2D eigenvalue weighted by Gasteiger charge is -2.18. The number of hydrogen-bond acceptors (Lipinski definition) is 4. The van der Waals surface area contributed by atoms with Crippen molar-refractivity contribution in [3.8, 4) is 17.6 Å². The third kappa shape index (κ3) is 2.58. The quantitative estimate of drug-likeness (QED) is 0.926. The van der Waals surface area contributed by atoms with E-state index in [1.807, 2.05) is 0 Å². The van der Waals surface area contributed by atoms with Gasteiger partial charge in [0.15, 0.2) is 0 Å². The summed E-state index contributed by atoms with van der Waals surface area (Å²) in [6, 6.07) is 14.2. The van der Waals surface area contributed by atoms with Crippen LogP contribution in [0.25, 0.3) is 0 Å². The van der Waals surface area contributed by atoms with Gasteiger partial charge in [0.25, 0.3) is 0 Å². The van der Waals surface area contributed by atoms with Crippen molar-refractivity contribution in [1.82, 2.24) is 0 Å². The highest BCUT2D eigenvalue weighted by molar-refractivity contribution is 5.50. The molecule has 4 nitrogen and oxygen atoms in total. The van der Waals surface area contributed by atoms with E-state index in [0.29, 0.717) is 28.2 Å². The number of ether oxygens (including phenoxy) is 2. The Hall–Kier alpha value is -2.51. The molecule has 1 unspecified atom stereocenters. The molecule has 0 heterocycles. The molecular formula is C16H15NO3. The number of nitriles is 1. The van der Waals surface area contributed by atoms with Crippen LogP contribution in [-0.4, -0.2) is 19.3 Å². The maximum absolute atomic E-state index is 10.6. The molecule has 0 spiro atoms. The molecule has 0 aliphatic carbocycles. The number of nitrogens with zero attached hydrogens (tertiary/aromatic N) is 1. The summed E-state index contributed by atoms with van der Waals surface area (Å²) in [6.45, 7) is 0. The zero-order chi connectivity index (χ0) is 14.5. The first-order chi connectivity index (χ1) is 9.71. The molecule has 0 radical (unpaired) electrons. The van der Waals surface area contributed by atoms with E-state index in [9.17, 15) is 5.11 Å². The lowest BCUT2D eigenvalue weighted by molar-refractivity contribution is 0.209. The molecule has 20 heavy (non-hydrogen) atoms. The predicted octanol–water partition coefficient (Wildman–Crippen LogP) is 2.66. The van der Waals surface area contributed by atoms with Crippen LogP contribution < -0.4 is 9.47 Å². The fourth-order valence-electron chi connectivity index (χ4n) is 2.09. The van der Waals surface area contributed by atoms with Crippen molar-refractivity contribution in [1.29, 1.82) is 5.26 Å². The molecule has 4 heteroatoms. The number of benzene rings is 2. The van der Waals surface area contributed by atoms with Crippen molar-refractivity contribution in [2.75, 3.05) is 14.2 Å². The van der Waals surface area contributed by atoms with Gasteiger partial charge in [-0.2, -0.15) is 5.26 Å². The summed E-state index contributed by atoms with van der Waals surface area (Å²) in [6.07, 6.45) is -0.922. The van der Waals surface area contributed by atoms with Gasteiger partial charge in [0, 0.05) is 0 Å². The molecule has 0 bridgehead atoms. The maximum atomic E-state index is 10.6. The number of hydrogen-bond donors (Lipinski definition) is 1. The van der Waals surface area contributed by atoms with E-state index < -0.39 is 6.10 Å². The van der Waals surface area contributed by atoms with Crippen LogP contribution in [0.5, 0.6) is 11.5 Å². The van der Waals surface area contributed by atoms with Gasteiger partial charge in [-0.3, -0.25) is 0 Å². The van der Waals surface area contributed by atoms with E-state index in [1.54, 1.807) is 42.5 Å². The summed E-state index contributed by atoms with van der Waals surface area (Å²) < 4.78 is 10.6. The number of rotatable bonds is 4. The van der Waals surface area contributed by atoms with Crippen molar-refractivity contribution >= 4 is 0 Å². The van der Waals surface area contributed by atoms with Gasteiger partial charge in [0.05, 0.1) is 31.4 Å². The summed E-state index contributed by atoms with van der Waals surface area (Å²) in [4.78, 5) is 0. The van der Waals surface area contributed by atoms with Gasteiger partial charge < -0.3 is 14.6 Å². The largest absolute Gasteiger partial charge is 0.496 e. The Kier molecular flexibility index (Phi) is 4.24. The average molecular weight is 269 g/mol. The molecule has 0 aliphatic heterocycles. The first-order valence-electron chi connectivity index (χ1n) is 6.10. The molecule has 0 amide bonds. The van der Waals surface area contributed by atoms with Gasteiger partial charge in [-0.05, 0) is 29.8 Å². The van der Waals surface area contributed by atoms with E-state index >= 15 is 0 Å². The van der Waals surface area contributed by atoms with Crippen molar-refractivity contribution in [3.63, 3.8) is 0 Å². The number of aliphatic hydroxyl groups is 1. The van der Waals surface area contributed by atoms with Gasteiger partial charge in [0.2, 0.25) is 0 Å². The lowest BCUT2D eigenvalue weighted by atomic mass is 9.98. The Labute approximate surface area is 117 Å². The van der Waals surface area contributed by atoms with Gasteiger partial charge >= 0.3 is 0 Å². The molecule has 102 valence electrons. The highest BCUT2D eigenvalue weighted by Crippen LogP contribution is 2.37. The molecule has 0 saturated carbocycles. The lowest BCUT2D eigenvalue weighted by Crippen LogP contribution is -2.05. The normalized spacial score (nSPS) is 11.5. The standard InChI is InChI=1S/C16H15NO3/c1-19-13-7-4-8-14(20-2)15(13)16(18)12-6-3-5-11(9-12)10-17/h3-9,16,18H,1-2H3. The molecule has 2 aromatic rings. The molecule has 2 aromatic carbocycles. The van der Waals surface area contributed by atoms with Crippen LogP contribution in [0.3, 0.4) is 0 Å². The highest BCUT2D eigenvalue weighted by atomic mass is 16.5. The first-order valence-corrected chi connectivity index (χ1v) is 6.10. The minimum absolute atomic E-state index is 0.496. The van der Waals surface area contributed by atoms with Crippen LogP contribution >= 0.6 is 0 Å². The average Bonchev–Trinajstić information content (AvgIpc) is 2.53. The summed E-state index contributed by atoms with van der Waals surface area (Å²) >= 11 is 0. The summed E-state index contributed by atoms with van der Waals surface area (Å²) in [5.74, 6) is 1.08. The van der Waals surface area contributed by atoms with Crippen LogP contribution in [0.4, 0.5) is 0 Å². The van der Waals surface area contributed by atoms with Gasteiger partial charge in [0.1, 0.15) is 17.6 Å². The highest BCUT2D eigenvalue weighted by Gasteiger charge is 2.20. The molecule has 2 rings (SSSR count). The van der Waals surface area contributed by atoms with Gasteiger partial charge in [-0.1, -0.05) is 18.2 Å². The summed E-state index contributed by atoms with van der Waals surface area (Å²) in [5.41, 5.74) is 1.66. The Morgan fingerprint density at radius 3 is 2.20 bits per heavy atom. The monoisotopic (exact) mass is 269 g/mol. The molecule has 1 atom stereocenters. The Morgan fingerprint density at radius 2 is 1.65 bits per heavy atom. The maximum Gasteiger partial charge on any atom is 0.128 e. The predicted molar refractivity (Wildman–Crippen MR) is 74.8 cm³/mol. The van der Waals surface area contributed by atoms with Crippen LogP contribution in [-0.2, 0) is 0 Å². The Bertz CT molecular complexity index is 624. The fourth-order valence-corrected chi connectivity index (χ4v) is 2.09. The summed E-state index contributed by atoms with van der Waals surface area (Å²) in [7, 11) is 3.08. The SMILES string of the molecule is COc1cccc(OC)c1C(O)c1cccc(C#N)c1. The van der Waals surface area contributed by atoms with Crippen LogP contribution in [0, 0.1) is 11.3 Å². The Balaban J connectivity index is 2.52.